The number of aldehydes is 1. The molecule has 2 heterocycles. The van der Waals surface area contributed by atoms with Crippen LogP contribution < -0.4 is 0 Å². The van der Waals surface area contributed by atoms with Crippen LogP contribution in [-0.4, -0.2) is 40.4 Å². The summed E-state index contributed by atoms with van der Waals surface area (Å²) in [6.07, 6.45) is 8.15. The van der Waals surface area contributed by atoms with Crippen molar-refractivity contribution < 1.29 is 4.79 Å². The molecule has 1 saturated heterocycles. The summed E-state index contributed by atoms with van der Waals surface area (Å²) in [7, 11) is 0. The average molecular weight is 207 g/mol. The summed E-state index contributed by atoms with van der Waals surface area (Å²) in [6.45, 7) is 4.62. The van der Waals surface area contributed by atoms with Gasteiger partial charge < -0.3 is 9.47 Å². The fourth-order valence-corrected chi connectivity index (χ4v) is 2.04. The van der Waals surface area contributed by atoms with Gasteiger partial charge in [-0.05, 0) is 38.9 Å². The first-order valence-corrected chi connectivity index (χ1v) is 5.58. The van der Waals surface area contributed by atoms with Gasteiger partial charge in [-0.1, -0.05) is 0 Å². The van der Waals surface area contributed by atoms with Crippen LogP contribution in [0, 0.1) is 0 Å². The highest BCUT2D eigenvalue weighted by Gasteiger charge is 2.10. The number of aryl methyl sites for hydroxylation is 1. The fourth-order valence-electron chi connectivity index (χ4n) is 2.04. The number of carbonyl (C=O) groups excluding carboxylic acids is 1. The van der Waals surface area contributed by atoms with Gasteiger partial charge in [0.1, 0.15) is 5.69 Å². The lowest BCUT2D eigenvalue weighted by molar-refractivity contribution is 0.111. The molecule has 0 spiro atoms. The molecule has 0 atom stereocenters. The highest BCUT2D eigenvalue weighted by atomic mass is 16.1. The van der Waals surface area contributed by atoms with Crippen LogP contribution in [0.4, 0.5) is 0 Å². The van der Waals surface area contributed by atoms with Gasteiger partial charge in [-0.15, -0.1) is 0 Å². The Hall–Kier alpha value is -1.16. The maximum atomic E-state index is 10.4. The lowest BCUT2D eigenvalue weighted by atomic mass is 10.4. The molecule has 0 radical (unpaired) electrons. The second-order valence-electron chi connectivity index (χ2n) is 4.06. The van der Waals surface area contributed by atoms with Gasteiger partial charge in [0.05, 0.1) is 6.33 Å². The van der Waals surface area contributed by atoms with Crippen molar-refractivity contribution in [3.63, 3.8) is 0 Å². The highest BCUT2D eigenvalue weighted by Crippen LogP contribution is 2.07. The van der Waals surface area contributed by atoms with E-state index >= 15 is 0 Å². The molecule has 1 fully saturated rings. The minimum Gasteiger partial charge on any atom is -0.337 e. The van der Waals surface area contributed by atoms with Gasteiger partial charge in [0.2, 0.25) is 0 Å². The molecule has 1 aromatic rings. The summed E-state index contributed by atoms with van der Waals surface area (Å²) in [5.74, 6) is 0. The Morgan fingerprint density at radius 1 is 1.33 bits per heavy atom. The lowest BCUT2D eigenvalue weighted by Gasteiger charge is -2.13. The molecule has 82 valence electrons. The Morgan fingerprint density at radius 3 is 2.80 bits per heavy atom. The number of aromatic nitrogens is 2. The van der Waals surface area contributed by atoms with Crippen molar-refractivity contribution in [1.29, 1.82) is 0 Å². The van der Waals surface area contributed by atoms with E-state index in [4.69, 9.17) is 0 Å². The maximum absolute atomic E-state index is 10.4. The molecule has 1 aliphatic heterocycles. The SMILES string of the molecule is O=Cc1cn(CCCN2CCCC2)cn1. The maximum Gasteiger partial charge on any atom is 0.169 e. The summed E-state index contributed by atoms with van der Waals surface area (Å²) in [4.78, 5) is 16.9. The molecule has 2 rings (SSSR count). The number of likely N-dealkylation sites (tertiary alicyclic amines) is 1. The fraction of sp³-hybridized carbons (Fsp3) is 0.636. The number of carbonyl (C=O) groups is 1. The molecule has 4 heteroatoms. The summed E-state index contributed by atoms with van der Waals surface area (Å²) in [5, 5.41) is 0. The van der Waals surface area contributed by atoms with Crippen LogP contribution in [0.5, 0.6) is 0 Å². The summed E-state index contributed by atoms with van der Waals surface area (Å²) in [5.41, 5.74) is 0.524. The molecule has 0 aromatic carbocycles. The summed E-state index contributed by atoms with van der Waals surface area (Å²) >= 11 is 0. The van der Waals surface area contributed by atoms with Gasteiger partial charge >= 0.3 is 0 Å². The first-order chi connectivity index (χ1) is 7.38. The zero-order chi connectivity index (χ0) is 10.5. The van der Waals surface area contributed by atoms with Gasteiger partial charge in [-0.25, -0.2) is 4.98 Å². The van der Waals surface area contributed by atoms with Gasteiger partial charge in [0.15, 0.2) is 6.29 Å². The Labute approximate surface area is 89.9 Å². The third kappa shape index (κ3) is 2.89. The van der Waals surface area contributed by atoms with Crippen molar-refractivity contribution >= 4 is 6.29 Å². The molecule has 15 heavy (non-hydrogen) atoms. The van der Waals surface area contributed by atoms with Crippen molar-refractivity contribution in [3.8, 4) is 0 Å². The highest BCUT2D eigenvalue weighted by molar-refractivity contribution is 5.70. The van der Waals surface area contributed by atoms with Gasteiger partial charge in [-0.2, -0.15) is 0 Å². The number of nitrogens with zero attached hydrogens (tertiary/aromatic N) is 3. The minimum absolute atomic E-state index is 0.524. The Bertz CT molecular complexity index is 315. The van der Waals surface area contributed by atoms with Crippen LogP contribution in [0.25, 0.3) is 0 Å². The van der Waals surface area contributed by atoms with Gasteiger partial charge in [0.25, 0.3) is 0 Å². The smallest absolute Gasteiger partial charge is 0.169 e. The van der Waals surface area contributed by atoms with Crippen LogP contribution in [0.2, 0.25) is 0 Å². The largest absolute Gasteiger partial charge is 0.337 e. The predicted octanol–water partition coefficient (Wildman–Crippen LogP) is 1.18. The molecule has 0 aliphatic carbocycles. The topological polar surface area (TPSA) is 38.1 Å². The van der Waals surface area contributed by atoms with E-state index in [1.807, 2.05) is 4.57 Å². The Kier molecular flexibility index (Phi) is 3.50. The monoisotopic (exact) mass is 207 g/mol. The molecular formula is C11H17N3O. The molecule has 0 bridgehead atoms. The summed E-state index contributed by atoms with van der Waals surface area (Å²) in [6, 6.07) is 0. The van der Waals surface area contributed by atoms with Crippen molar-refractivity contribution in [2.24, 2.45) is 0 Å². The normalized spacial score (nSPS) is 17.1. The number of imidazole rings is 1. The quantitative estimate of drug-likeness (QED) is 0.680. The van der Waals surface area contributed by atoms with Crippen LogP contribution in [0.1, 0.15) is 29.8 Å². The van der Waals surface area contributed by atoms with Crippen LogP contribution in [-0.2, 0) is 6.54 Å². The van der Waals surface area contributed by atoms with E-state index in [1.165, 1.54) is 25.9 Å². The molecule has 4 nitrogen and oxygen atoms in total. The molecule has 0 unspecified atom stereocenters. The number of rotatable bonds is 5. The van der Waals surface area contributed by atoms with Crippen molar-refractivity contribution in [1.82, 2.24) is 14.5 Å². The van der Waals surface area contributed by atoms with E-state index in [2.05, 4.69) is 9.88 Å². The lowest BCUT2D eigenvalue weighted by Crippen LogP contribution is -2.21. The third-order valence-corrected chi connectivity index (χ3v) is 2.86. The standard InChI is InChI=1S/C11H17N3O/c15-9-11-8-14(10-12-11)7-3-6-13-4-1-2-5-13/h8-10H,1-7H2. The van der Waals surface area contributed by atoms with Crippen LogP contribution in [0.15, 0.2) is 12.5 Å². The molecular weight excluding hydrogens is 190 g/mol. The number of hydrogen-bond donors (Lipinski definition) is 0. The predicted molar refractivity (Wildman–Crippen MR) is 57.9 cm³/mol. The average Bonchev–Trinajstić information content (AvgIpc) is 2.88. The second kappa shape index (κ2) is 5.07. The van der Waals surface area contributed by atoms with E-state index in [0.717, 1.165) is 25.8 Å². The molecule has 1 aliphatic rings. The van der Waals surface area contributed by atoms with E-state index in [-0.39, 0.29) is 0 Å². The van der Waals surface area contributed by atoms with E-state index < -0.39 is 0 Å². The van der Waals surface area contributed by atoms with Crippen molar-refractivity contribution in [3.05, 3.63) is 18.2 Å². The van der Waals surface area contributed by atoms with E-state index in [9.17, 15) is 4.79 Å². The second-order valence-corrected chi connectivity index (χ2v) is 4.06. The van der Waals surface area contributed by atoms with Crippen molar-refractivity contribution in [2.45, 2.75) is 25.8 Å². The zero-order valence-corrected chi connectivity index (χ0v) is 8.93. The van der Waals surface area contributed by atoms with Crippen molar-refractivity contribution in [2.75, 3.05) is 19.6 Å². The molecule has 1 aromatic heterocycles. The minimum atomic E-state index is 0.524. The van der Waals surface area contributed by atoms with E-state index in [0.29, 0.717) is 5.69 Å². The Morgan fingerprint density at radius 2 is 2.13 bits per heavy atom. The van der Waals surface area contributed by atoms with E-state index in [1.54, 1.807) is 12.5 Å². The van der Waals surface area contributed by atoms with Crippen LogP contribution in [0.3, 0.4) is 0 Å². The molecule has 0 N–H and O–H groups in total. The molecule has 0 saturated carbocycles. The van der Waals surface area contributed by atoms with Gasteiger partial charge in [0, 0.05) is 12.7 Å². The summed E-state index contributed by atoms with van der Waals surface area (Å²) < 4.78 is 1.99. The first kappa shape index (κ1) is 10.4. The zero-order valence-electron chi connectivity index (χ0n) is 8.93. The molecule has 0 amide bonds. The number of hydrogen-bond acceptors (Lipinski definition) is 3. The first-order valence-electron chi connectivity index (χ1n) is 5.58. The van der Waals surface area contributed by atoms with Gasteiger partial charge in [-0.3, -0.25) is 4.79 Å². The van der Waals surface area contributed by atoms with Crippen LogP contribution >= 0.6 is 0 Å². The Balaban J connectivity index is 1.70. The third-order valence-electron chi connectivity index (χ3n) is 2.86.